The third-order valence-corrected chi connectivity index (χ3v) is 3.87. The number of rotatable bonds is 1. The second kappa shape index (κ2) is 5.02. The van der Waals surface area contributed by atoms with Crippen LogP contribution in [0.15, 0.2) is 0 Å². The maximum atomic E-state index is 12.2. The Labute approximate surface area is 114 Å². The molecular formula is C14H23NO4. The molecule has 2 fully saturated rings. The molecule has 3 atom stereocenters. The molecule has 19 heavy (non-hydrogen) atoms. The van der Waals surface area contributed by atoms with Gasteiger partial charge in [0, 0.05) is 12.1 Å². The minimum atomic E-state index is -0.476. The summed E-state index contributed by atoms with van der Waals surface area (Å²) >= 11 is 0. The fourth-order valence-electron chi connectivity index (χ4n) is 3.15. The number of carbonyl (C=O) groups excluding carboxylic acids is 2. The van der Waals surface area contributed by atoms with E-state index in [1.807, 2.05) is 25.7 Å². The van der Waals surface area contributed by atoms with Crippen LogP contribution in [0, 0.1) is 5.92 Å². The number of esters is 1. The van der Waals surface area contributed by atoms with Crippen molar-refractivity contribution in [2.45, 2.75) is 64.1 Å². The number of piperidine rings is 1. The van der Waals surface area contributed by atoms with E-state index in [2.05, 4.69) is 0 Å². The Hall–Kier alpha value is -1.26. The summed E-state index contributed by atoms with van der Waals surface area (Å²) in [7, 11) is 1.42. The summed E-state index contributed by atoms with van der Waals surface area (Å²) in [5.41, 5.74) is -0.476. The van der Waals surface area contributed by atoms with Gasteiger partial charge in [-0.05, 0) is 46.5 Å². The monoisotopic (exact) mass is 269 g/mol. The molecule has 0 aromatic rings. The molecule has 0 unspecified atom stereocenters. The zero-order chi connectivity index (χ0) is 14.2. The topological polar surface area (TPSA) is 55.8 Å². The maximum Gasteiger partial charge on any atom is 0.410 e. The highest BCUT2D eigenvalue weighted by Gasteiger charge is 2.46. The largest absolute Gasteiger partial charge is 0.469 e. The van der Waals surface area contributed by atoms with Crippen molar-refractivity contribution in [1.29, 1.82) is 0 Å². The lowest BCUT2D eigenvalue weighted by atomic mass is 9.91. The number of ether oxygens (including phenoxy) is 2. The first-order valence-electron chi connectivity index (χ1n) is 6.91. The van der Waals surface area contributed by atoms with Crippen molar-refractivity contribution in [3.63, 3.8) is 0 Å². The minimum absolute atomic E-state index is 0.0683. The summed E-state index contributed by atoms with van der Waals surface area (Å²) in [6.07, 6.45) is 3.06. The van der Waals surface area contributed by atoms with Crippen molar-refractivity contribution >= 4 is 12.1 Å². The first kappa shape index (κ1) is 14.2. The fourth-order valence-corrected chi connectivity index (χ4v) is 3.15. The second-order valence-electron chi connectivity index (χ2n) is 6.46. The van der Waals surface area contributed by atoms with Gasteiger partial charge in [-0.1, -0.05) is 0 Å². The van der Waals surface area contributed by atoms with E-state index in [1.165, 1.54) is 7.11 Å². The molecule has 0 radical (unpaired) electrons. The van der Waals surface area contributed by atoms with E-state index in [0.717, 1.165) is 12.8 Å². The van der Waals surface area contributed by atoms with Gasteiger partial charge in [0.25, 0.3) is 0 Å². The molecule has 0 aromatic carbocycles. The molecule has 2 aliphatic heterocycles. The summed E-state index contributed by atoms with van der Waals surface area (Å²) in [6.45, 7) is 5.61. The molecule has 2 aliphatic rings. The van der Waals surface area contributed by atoms with Gasteiger partial charge in [0.1, 0.15) is 5.60 Å². The first-order chi connectivity index (χ1) is 8.81. The Morgan fingerprint density at radius 3 is 2.05 bits per heavy atom. The van der Waals surface area contributed by atoms with Gasteiger partial charge in [-0.3, -0.25) is 4.79 Å². The van der Waals surface area contributed by atoms with Crippen LogP contribution in [-0.4, -0.2) is 41.8 Å². The van der Waals surface area contributed by atoms with Gasteiger partial charge in [0.05, 0.1) is 13.0 Å². The second-order valence-corrected chi connectivity index (χ2v) is 6.46. The number of hydrogen-bond donors (Lipinski definition) is 0. The molecular weight excluding hydrogens is 246 g/mol. The van der Waals surface area contributed by atoms with Crippen LogP contribution in [0.4, 0.5) is 4.79 Å². The number of hydrogen-bond acceptors (Lipinski definition) is 4. The molecule has 5 nitrogen and oxygen atoms in total. The minimum Gasteiger partial charge on any atom is -0.469 e. The van der Waals surface area contributed by atoms with Crippen molar-refractivity contribution in [1.82, 2.24) is 4.90 Å². The number of amides is 1. The molecule has 108 valence electrons. The average molecular weight is 269 g/mol. The van der Waals surface area contributed by atoms with Crippen LogP contribution in [-0.2, 0) is 14.3 Å². The van der Waals surface area contributed by atoms with E-state index in [9.17, 15) is 9.59 Å². The molecule has 0 spiro atoms. The molecule has 1 amide bonds. The van der Waals surface area contributed by atoms with Gasteiger partial charge in [-0.2, -0.15) is 0 Å². The lowest BCUT2D eigenvalue weighted by Crippen LogP contribution is -2.49. The number of methoxy groups -OCH3 is 1. The van der Waals surface area contributed by atoms with E-state index in [4.69, 9.17) is 9.47 Å². The predicted octanol–water partition coefficient (Wildman–Crippen LogP) is 2.34. The highest BCUT2D eigenvalue weighted by atomic mass is 16.6. The van der Waals surface area contributed by atoms with Crippen molar-refractivity contribution in [2.75, 3.05) is 7.11 Å². The lowest BCUT2D eigenvalue weighted by molar-refractivity contribution is -0.148. The highest BCUT2D eigenvalue weighted by Crippen LogP contribution is 2.39. The summed E-state index contributed by atoms with van der Waals surface area (Å²) in [6, 6.07) is 0.246. The Morgan fingerprint density at radius 1 is 1.11 bits per heavy atom. The number of carbonyl (C=O) groups is 2. The van der Waals surface area contributed by atoms with Crippen molar-refractivity contribution < 1.29 is 19.1 Å². The van der Waals surface area contributed by atoms with E-state index in [1.54, 1.807) is 0 Å². The number of fused-ring (bicyclic) bond motifs is 2. The van der Waals surface area contributed by atoms with E-state index >= 15 is 0 Å². The molecule has 0 aliphatic carbocycles. The van der Waals surface area contributed by atoms with Crippen LogP contribution >= 0.6 is 0 Å². The molecule has 2 rings (SSSR count). The van der Waals surface area contributed by atoms with Crippen LogP contribution in [0.25, 0.3) is 0 Å². The van der Waals surface area contributed by atoms with Gasteiger partial charge < -0.3 is 14.4 Å². The van der Waals surface area contributed by atoms with Gasteiger partial charge in [0.2, 0.25) is 0 Å². The molecule has 2 heterocycles. The molecule has 0 N–H and O–H groups in total. The highest BCUT2D eigenvalue weighted by molar-refractivity contribution is 5.74. The van der Waals surface area contributed by atoms with Crippen LogP contribution in [0.1, 0.15) is 46.5 Å². The fraction of sp³-hybridized carbons (Fsp3) is 0.857. The summed E-state index contributed by atoms with van der Waals surface area (Å²) in [4.78, 5) is 25.7. The van der Waals surface area contributed by atoms with Gasteiger partial charge in [0.15, 0.2) is 0 Å². The third-order valence-electron chi connectivity index (χ3n) is 3.87. The Bertz CT molecular complexity index is 360. The van der Waals surface area contributed by atoms with Crippen LogP contribution in [0.3, 0.4) is 0 Å². The normalized spacial score (nSPS) is 30.1. The Balaban J connectivity index is 2.03. The molecule has 0 saturated carbocycles. The van der Waals surface area contributed by atoms with Crippen molar-refractivity contribution in [2.24, 2.45) is 5.92 Å². The number of nitrogens with zero attached hydrogens (tertiary/aromatic N) is 1. The summed E-state index contributed by atoms with van der Waals surface area (Å²) in [5, 5.41) is 0. The van der Waals surface area contributed by atoms with Crippen LogP contribution in [0.5, 0.6) is 0 Å². The Morgan fingerprint density at radius 2 is 1.63 bits per heavy atom. The van der Waals surface area contributed by atoms with Crippen molar-refractivity contribution in [3.05, 3.63) is 0 Å². The van der Waals surface area contributed by atoms with Gasteiger partial charge in [-0.25, -0.2) is 4.79 Å². The quantitative estimate of drug-likeness (QED) is 0.686. The lowest BCUT2D eigenvalue weighted by Gasteiger charge is -2.38. The summed E-state index contributed by atoms with van der Waals surface area (Å²) < 4.78 is 10.3. The van der Waals surface area contributed by atoms with Crippen LogP contribution in [0.2, 0.25) is 0 Å². The van der Waals surface area contributed by atoms with Crippen LogP contribution < -0.4 is 0 Å². The smallest absolute Gasteiger partial charge is 0.410 e. The van der Waals surface area contributed by atoms with Gasteiger partial charge >= 0.3 is 12.1 Å². The maximum absolute atomic E-state index is 12.2. The SMILES string of the molecule is COC(=O)[C@H]1C[C@H]2CC[C@@H](C1)N2C(=O)OC(C)(C)C. The Kier molecular flexibility index (Phi) is 3.74. The van der Waals surface area contributed by atoms with E-state index in [-0.39, 0.29) is 30.1 Å². The molecule has 2 saturated heterocycles. The summed E-state index contributed by atoms with van der Waals surface area (Å²) in [5.74, 6) is -0.220. The van der Waals surface area contributed by atoms with Gasteiger partial charge in [-0.15, -0.1) is 0 Å². The predicted molar refractivity (Wildman–Crippen MR) is 69.6 cm³/mol. The zero-order valence-electron chi connectivity index (χ0n) is 12.1. The zero-order valence-corrected chi connectivity index (χ0v) is 12.1. The van der Waals surface area contributed by atoms with E-state index in [0.29, 0.717) is 12.8 Å². The first-order valence-corrected chi connectivity index (χ1v) is 6.91. The third kappa shape index (κ3) is 3.01. The molecule has 0 aromatic heterocycles. The average Bonchev–Trinajstić information content (AvgIpc) is 2.57. The molecule has 5 heteroatoms. The van der Waals surface area contributed by atoms with Crippen molar-refractivity contribution in [3.8, 4) is 0 Å². The van der Waals surface area contributed by atoms with E-state index < -0.39 is 5.60 Å². The molecule has 2 bridgehead atoms. The standard InChI is InChI=1S/C14H23NO4/c1-14(2,3)19-13(17)15-10-5-6-11(15)8-9(7-10)12(16)18-4/h9-11H,5-8H2,1-4H3/t9-,10+,11-.